The van der Waals surface area contributed by atoms with Gasteiger partial charge in [0.2, 0.25) is 10.0 Å². The number of rotatable bonds is 8. The van der Waals surface area contributed by atoms with Crippen molar-refractivity contribution in [1.29, 1.82) is 0 Å². The molecule has 0 aliphatic heterocycles. The minimum absolute atomic E-state index is 0.00327. The van der Waals surface area contributed by atoms with Crippen LogP contribution in [0.3, 0.4) is 0 Å². The van der Waals surface area contributed by atoms with Crippen LogP contribution in [0.4, 0.5) is 0 Å². The Kier molecular flexibility index (Phi) is 7.61. The van der Waals surface area contributed by atoms with Gasteiger partial charge in [0.15, 0.2) is 0 Å². The lowest BCUT2D eigenvalue weighted by Gasteiger charge is -2.16. The molecule has 0 spiro atoms. The van der Waals surface area contributed by atoms with Crippen molar-refractivity contribution in [2.24, 2.45) is 11.8 Å². The molecule has 5 heteroatoms. The van der Waals surface area contributed by atoms with Gasteiger partial charge in [-0.25, -0.2) is 13.1 Å². The van der Waals surface area contributed by atoms with E-state index in [2.05, 4.69) is 18.6 Å². The van der Waals surface area contributed by atoms with Crippen molar-refractivity contribution in [2.75, 3.05) is 11.6 Å². The monoisotopic (exact) mass is 269 g/mol. The summed E-state index contributed by atoms with van der Waals surface area (Å²) in [7, 11) is -3.17. The van der Waals surface area contributed by atoms with Gasteiger partial charge in [-0.3, -0.25) is 0 Å². The van der Waals surface area contributed by atoms with Gasteiger partial charge in [-0.1, -0.05) is 20.8 Å². The lowest BCUT2D eigenvalue weighted by molar-refractivity contribution is 0.483. The van der Waals surface area contributed by atoms with Gasteiger partial charge in [0.25, 0.3) is 0 Å². The number of alkyl halides is 1. The smallest absolute Gasteiger partial charge is 0.212 e. The van der Waals surface area contributed by atoms with Gasteiger partial charge in [0.1, 0.15) is 0 Å². The first-order valence-electron chi connectivity index (χ1n) is 5.82. The summed E-state index contributed by atoms with van der Waals surface area (Å²) in [5.74, 6) is 1.09. The highest BCUT2D eigenvalue weighted by molar-refractivity contribution is 7.89. The number of halogens is 1. The van der Waals surface area contributed by atoms with Crippen molar-refractivity contribution in [2.45, 2.75) is 46.6 Å². The van der Waals surface area contributed by atoms with Crippen molar-refractivity contribution in [1.82, 2.24) is 4.72 Å². The van der Waals surface area contributed by atoms with Crippen LogP contribution in [-0.2, 0) is 10.0 Å². The molecule has 0 aromatic rings. The van der Waals surface area contributed by atoms with E-state index in [1.165, 1.54) is 0 Å². The van der Waals surface area contributed by atoms with Gasteiger partial charge in [0.05, 0.1) is 5.75 Å². The van der Waals surface area contributed by atoms with E-state index in [1.54, 1.807) is 0 Å². The Labute approximate surface area is 105 Å². The van der Waals surface area contributed by atoms with Crippen molar-refractivity contribution in [3.63, 3.8) is 0 Å². The summed E-state index contributed by atoms with van der Waals surface area (Å²) in [6, 6.07) is 0.00919. The quantitative estimate of drug-likeness (QED) is 0.689. The number of hydrogen-bond acceptors (Lipinski definition) is 2. The van der Waals surface area contributed by atoms with E-state index in [0.717, 1.165) is 12.8 Å². The zero-order valence-electron chi connectivity index (χ0n) is 10.7. The Morgan fingerprint density at radius 1 is 1.12 bits per heavy atom. The maximum atomic E-state index is 11.7. The predicted molar refractivity (Wildman–Crippen MR) is 70.3 cm³/mol. The standard InChI is InChI=1S/C11H24ClNO2S/c1-9(2)5-6-11(4)13-16(14,15)8-10(3)7-12/h9-11,13H,5-8H2,1-4H3. The highest BCUT2D eigenvalue weighted by Crippen LogP contribution is 2.08. The van der Waals surface area contributed by atoms with E-state index in [-0.39, 0.29) is 17.7 Å². The average Bonchev–Trinajstić information content (AvgIpc) is 2.13. The summed E-state index contributed by atoms with van der Waals surface area (Å²) < 4.78 is 26.1. The summed E-state index contributed by atoms with van der Waals surface area (Å²) in [5, 5.41) is 0. The zero-order chi connectivity index (χ0) is 12.8. The van der Waals surface area contributed by atoms with E-state index in [9.17, 15) is 8.42 Å². The van der Waals surface area contributed by atoms with Crippen LogP contribution in [-0.4, -0.2) is 26.1 Å². The SMILES string of the molecule is CC(C)CCC(C)NS(=O)(=O)CC(C)CCl. The Hall–Kier alpha value is 0.200. The van der Waals surface area contributed by atoms with Gasteiger partial charge in [-0.05, 0) is 31.6 Å². The maximum absolute atomic E-state index is 11.7. The Balaban J connectivity index is 4.05. The van der Waals surface area contributed by atoms with E-state index in [4.69, 9.17) is 11.6 Å². The summed E-state index contributed by atoms with van der Waals surface area (Å²) >= 11 is 5.61. The topological polar surface area (TPSA) is 46.2 Å². The average molecular weight is 270 g/mol. The minimum Gasteiger partial charge on any atom is -0.212 e. The van der Waals surface area contributed by atoms with Crippen LogP contribution in [0.5, 0.6) is 0 Å². The summed E-state index contributed by atoms with van der Waals surface area (Å²) in [6.07, 6.45) is 1.92. The van der Waals surface area contributed by atoms with Crippen LogP contribution in [0.25, 0.3) is 0 Å². The van der Waals surface area contributed by atoms with Crippen molar-refractivity contribution in [3.05, 3.63) is 0 Å². The van der Waals surface area contributed by atoms with Gasteiger partial charge in [0, 0.05) is 11.9 Å². The fourth-order valence-electron chi connectivity index (χ4n) is 1.42. The van der Waals surface area contributed by atoms with Gasteiger partial charge < -0.3 is 0 Å². The normalized spacial score (nSPS) is 16.4. The number of hydrogen-bond donors (Lipinski definition) is 1. The summed E-state index contributed by atoms with van der Waals surface area (Å²) in [5.41, 5.74) is 0. The highest BCUT2D eigenvalue weighted by Gasteiger charge is 2.17. The molecule has 0 aromatic heterocycles. The van der Waals surface area contributed by atoms with E-state index < -0.39 is 10.0 Å². The Morgan fingerprint density at radius 3 is 2.12 bits per heavy atom. The van der Waals surface area contributed by atoms with Crippen molar-refractivity contribution < 1.29 is 8.42 Å². The molecule has 0 rings (SSSR count). The molecule has 0 saturated heterocycles. The second kappa shape index (κ2) is 7.51. The second-order valence-electron chi connectivity index (χ2n) is 5.03. The van der Waals surface area contributed by atoms with Gasteiger partial charge >= 0.3 is 0 Å². The Bertz CT molecular complexity index is 278. The molecule has 0 aromatic carbocycles. The van der Waals surface area contributed by atoms with Crippen LogP contribution in [0, 0.1) is 11.8 Å². The van der Waals surface area contributed by atoms with Crippen LogP contribution in [0.15, 0.2) is 0 Å². The zero-order valence-corrected chi connectivity index (χ0v) is 12.2. The number of nitrogens with one attached hydrogen (secondary N) is 1. The molecule has 1 N–H and O–H groups in total. The molecule has 0 fully saturated rings. The molecule has 3 nitrogen and oxygen atoms in total. The molecule has 0 radical (unpaired) electrons. The lowest BCUT2D eigenvalue weighted by Crippen LogP contribution is -2.36. The van der Waals surface area contributed by atoms with Crippen LogP contribution >= 0.6 is 11.6 Å². The third-order valence-corrected chi connectivity index (χ3v) is 4.62. The number of sulfonamides is 1. The first kappa shape index (κ1) is 16.2. The second-order valence-corrected chi connectivity index (χ2v) is 7.14. The van der Waals surface area contributed by atoms with Crippen LogP contribution in [0.2, 0.25) is 0 Å². The molecule has 0 heterocycles. The largest absolute Gasteiger partial charge is 0.212 e. The predicted octanol–water partition coefficient (Wildman–Crippen LogP) is 2.61. The Morgan fingerprint density at radius 2 is 1.69 bits per heavy atom. The van der Waals surface area contributed by atoms with Crippen LogP contribution < -0.4 is 4.72 Å². The van der Waals surface area contributed by atoms with Gasteiger partial charge in [-0.15, -0.1) is 11.6 Å². The summed E-state index contributed by atoms with van der Waals surface area (Å²) in [4.78, 5) is 0. The first-order chi connectivity index (χ1) is 7.26. The molecule has 0 aliphatic carbocycles. The molecular formula is C11H24ClNO2S. The maximum Gasteiger partial charge on any atom is 0.212 e. The molecule has 98 valence electrons. The highest BCUT2D eigenvalue weighted by atomic mass is 35.5. The molecule has 0 bridgehead atoms. The first-order valence-corrected chi connectivity index (χ1v) is 8.01. The lowest BCUT2D eigenvalue weighted by atomic mass is 10.1. The summed E-state index contributed by atoms with van der Waals surface area (Å²) in [6.45, 7) is 8.02. The molecule has 16 heavy (non-hydrogen) atoms. The molecule has 0 saturated carbocycles. The third-order valence-electron chi connectivity index (χ3n) is 2.33. The molecular weight excluding hydrogens is 246 g/mol. The minimum atomic E-state index is -3.17. The molecule has 0 amide bonds. The van der Waals surface area contributed by atoms with E-state index >= 15 is 0 Å². The fraction of sp³-hybridized carbons (Fsp3) is 1.00. The fourth-order valence-corrected chi connectivity index (χ4v) is 3.35. The van der Waals surface area contributed by atoms with Crippen molar-refractivity contribution >= 4 is 21.6 Å². The van der Waals surface area contributed by atoms with E-state index in [1.807, 2.05) is 13.8 Å². The molecule has 2 atom stereocenters. The van der Waals surface area contributed by atoms with E-state index in [0.29, 0.717) is 11.8 Å². The van der Waals surface area contributed by atoms with Gasteiger partial charge in [-0.2, -0.15) is 0 Å². The van der Waals surface area contributed by atoms with Crippen molar-refractivity contribution in [3.8, 4) is 0 Å². The van der Waals surface area contributed by atoms with Crippen LogP contribution in [0.1, 0.15) is 40.5 Å². The molecule has 0 aliphatic rings. The third kappa shape index (κ3) is 8.36. The molecule has 2 unspecified atom stereocenters.